The van der Waals surface area contributed by atoms with Crippen LogP contribution in [0.2, 0.25) is 0 Å². The number of methoxy groups -OCH3 is 1. The van der Waals surface area contributed by atoms with Crippen LogP contribution in [0.3, 0.4) is 0 Å². The van der Waals surface area contributed by atoms with E-state index in [2.05, 4.69) is 26.3 Å². The van der Waals surface area contributed by atoms with Crippen molar-refractivity contribution in [3.05, 3.63) is 39.8 Å². The molecule has 1 aliphatic carbocycles. The first-order chi connectivity index (χ1) is 16.2. The van der Waals surface area contributed by atoms with Gasteiger partial charge in [-0.2, -0.15) is 0 Å². The van der Waals surface area contributed by atoms with E-state index in [1.54, 1.807) is 7.11 Å². The van der Waals surface area contributed by atoms with Crippen LogP contribution in [0.25, 0.3) is 10.2 Å². The highest BCUT2D eigenvalue weighted by molar-refractivity contribution is 7.21. The Labute approximate surface area is 202 Å². The Balaban J connectivity index is 1.29. The average molecular weight is 482 g/mol. The first-order valence-corrected chi connectivity index (χ1v) is 12.4. The largest absolute Gasteiger partial charge is 0.397 e. The van der Waals surface area contributed by atoms with Crippen LogP contribution in [0.5, 0.6) is 0 Å². The van der Waals surface area contributed by atoms with Crippen LogP contribution in [0.4, 0.5) is 11.5 Å². The zero-order valence-corrected chi connectivity index (χ0v) is 20.8. The molecule has 0 saturated carbocycles. The summed E-state index contributed by atoms with van der Waals surface area (Å²) < 4.78 is 5.65. The number of pyridine rings is 1. The smallest absolute Gasteiger partial charge is 0.263 e. The molecule has 1 fully saturated rings. The number of nitrogen functional groups attached to an aromatic ring is 1. The molecule has 0 spiro atoms. The first-order valence-electron chi connectivity index (χ1n) is 11.6. The SMILES string of the molecule is COC1(C)CN(c2ccc3c(n2)CCC(NC(=O)c2sc4nc(C)nc(C)c4c2N)C3)CC1N. The summed E-state index contributed by atoms with van der Waals surface area (Å²) >= 11 is 1.33. The third kappa shape index (κ3) is 3.89. The van der Waals surface area contributed by atoms with Crippen molar-refractivity contribution in [1.29, 1.82) is 0 Å². The second-order valence-electron chi connectivity index (χ2n) is 9.57. The summed E-state index contributed by atoms with van der Waals surface area (Å²) in [5.74, 6) is 1.46. The quantitative estimate of drug-likeness (QED) is 0.516. The van der Waals surface area contributed by atoms with Gasteiger partial charge in [0, 0.05) is 31.9 Å². The number of carbonyl (C=O) groups is 1. The molecule has 2 aliphatic rings. The van der Waals surface area contributed by atoms with Crippen molar-refractivity contribution in [2.24, 2.45) is 5.73 Å². The topological polar surface area (TPSA) is 132 Å². The average Bonchev–Trinajstić information content (AvgIpc) is 3.30. The van der Waals surface area contributed by atoms with Crippen molar-refractivity contribution in [1.82, 2.24) is 20.3 Å². The number of anilines is 2. The normalized spacial score (nSPS) is 24.4. The van der Waals surface area contributed by atoms with E-state index in [1.807, 2.05) is 26.8 Å². The van der Waals surface area contributed by atoms with Crippen LogP contribution in [0, 0.1) is 13.8 Å². The summed E-state index contributed by atoms with van der Waals surface area (Å²) in [5, 5.41) is 3.95. The van der Waals surface area contributed by atoms with Gasteiger partial charge in [-0.1, -0.05) is 6.07 Å². The Morgan fingerprint density at radius 1 is 1.29 bits per heavy atom. The van der Waals surface area contributed by atoms with E-state index in [0.29, 0.717) is 16.4 Å². The summed E-state index contributed by atoms with van der Waals surface area (Å²) in [7, 11) is 1.71. The molecular formula is C24H31N7O2S. The van der Waals surface area contributed by atoms with E-state index < -0.39 is 0 Å². The highest BCUT2D eigenvalue weighted by Gasteiger charge is 2.42. The number of ether oxygens (including phenoxy) is 1. The van der Waals surface area contributed by atoms with Gasteiger partial charge in [0.1, 0.15) is 21.3 Å². The number of hydrogen-bond acceptors (Lipinski definition) is 9. The van der Waals surface area contributed by atoms with Gasteiger partial charge >= 0.3 is 0 Å². The molecule has 180 valence electrons. The van der Waals surface area contributed by atoms with Gasteiger partial charge in [-0.15, -0.1) is 11.3 Å². The fourth-order valence-electron chi connectivity index (χ4n) is 5.03. The number of amides is 1. The molecule has 10 heteroatoms. The lowest BCUT2D eigenvalue weighted by atomic mass is 9.91. The van der Waals surface area contributed by atoms with E-state index in [9.17, 15) is 4.79 Å². The van der Waals surface area contributed by atoms with Gasteiger partial charge in [0.2, 0.25) is 0 Å². The summed E-state index contributed by atoms with van der Waals surface area (Å²) in [5.41, 5.74) is 15.8. The van der Waals surface area contributed by atoms with Gasteiger partial charge in [-0.25, -0.2) is 15.0 Å². The Morgan fingerprint density at radius 3 is 2.82 bits per heavy atom. The minimum absolute atomic E-state index is 0.0307. The van der Waals surface area contributed by atoms with Gasteiger partial charge in [-0.05, 0) is 51.7 Å². The molecule has 3 aromatic rings. The van der Waals surface area contributed by atoms with E-state index in [4.69, 9.17) is 21.2 Å². The minimum atomic E-state index is -0.371. The van der Waals surface area contributed by atoms with Crippen LogP contribution in [0.1, 0.15) is 45.8 Å². The second-order valence-corrected chi connectivity index (χ2v) is 10.6. The fraction of sp³-hybridized carbons (Fsp3) is 0.500. The molecule has 3 unspecified atom stereocenters. The van der Waals surface area contributed by atoms with E-state index in [-0.39, 0.29) is 23.6 Å². The molecule has 1 amide bonds. The maximum Gasteiger partial charge on any atom is 0.263 e. The van der Waals surface area contributed by atoms with Crippen molar-refractivity contribution < 1.29 is 9.53 Å². The summed E-state index contributed by atoms with van der Waals surface area (Å²) in [6.45, 7) is 7.22. The van der Waals surface area contributed by atoms with Crippen LogP contribution in [-0.4, -0.2) is 58.7 Å². The lowest BCUT2D eigenvalue weighted by Crippen LogP contribution is -2.45. The summed E-state index contributed by atoms with van der Waals surface area (Å²) in [4.78, 5) is 30.3. The number of fused-ring (bicyclic) bond motifs is 2. The lowest BCUT2D eigenvalue weighted by molar-refractivity contribution is 0.0129. The van der Waals surface area contributed by atoms with Crippen LogP contribution in [-0.2, 0) is 17.6 Å². The van der Waals surface area contributed by atoms with Crippen molar-refractivity contribution in [2.45, 2.75) is 57.7 Å². The Bertz CT molecular complexity index is 1280. The highest BCUT2D eigenvalue weighted by atomic mass is 32.1. The maximum atomic E-state index is 13.1. The molecule has 4 heterocycles. The number of carbonyl (C=O) groups excluding carboxylic acids is 1. The number of nitrogens with zero attached hydrogens (tertiary/aromatic N) is 4. The lowest BCUT2D eigenvalue weighted by Gasteiger charge is -2.27. The van der Waals surface area contributed by atoms with Gasteiger partial charge in [-0.3, -0.25) is 4.79 Å². The number of hydrogen-bond donors (Lipinski definition) is 3. The van der Waals surface area contributed by atoms with E-state index in [1.165, 1.54) is 16.9 Å². The van der Waals surface area contributed by atoms with Crippen molar-refractivity contribution in [2.75, 3.05) is 30.8 Å². The van der Waals surface area contributed by atoms with Crippen molar-refractivity contribution in [3.63, 3.8) is 0 Å². The monoisotopic (exact) mass is 481 g/mol. The molecular weight excluding hydrogens is 450 g/mol. The highest BCUT2D eigenvalue weighted by Crippen LogP contribution is 2.34. The Morgan fingerprint density at radius 2 is 2.09 bits per heavy atom. The number of aromatic nitrogens is 3. The molecule has 5 rings (SSSR count). The molecule has 0 radical (unpaired) electrons. The fourth-order valence-corrected chi connectivity index (χ4v) is 6.12. The van der Waals surface area contributed by atoms with Crippen LogP contribution >= 0.6 is 11.3 Å². The molecule has 5 N–H and O–H groups in total. The third-order valence-electron chi connectivity index (χ3n) is 7.17. The van der Waals surface area contributed by atoms with Gasteiger partial charge in [0.15, 0.2) is 0 Å². The summed E-state index contributed by atoms with van der Waals surface area (Å²) in [6.07, 6.45) is 2.38. The molecule has 3 aromatic heterocycles. The zero-order chi connectivity index (χ0) is 24.2. The van der Waals surface area contributed by atoms with Crippen molar-refractivity contribution in [3.8, 4) is 0 Å². The van der Waals surface area contributed by atoms with Crippen LogP contribution < -0.4 is 21.7 Å². The number of rotatable bonds is 4. The molecule has 34 heavy (non-hydrogen) atoms. The number of aryl methyl sites for hydroxylation is 3. The molecule has 0 aromatic carbocycles. The Kier molecular flexibility index (Phi) is 5.70. The summed E-state index contributed by atoms with van der Waals surface area (Å²) in [6, 6.07) is 4.14. The van der Waals surface area contributed by atoms with Crippen molar-refractivity contribution >= 4 is 39.0 Å². The number of thiophene rings is 1. The Hall–Kier alpha value is -2.82. The maximum absolute atomic E-state index is 13.1. The second kappa shape index (κ2) is 8.44. The predicted octanol–water partition coefficient (Wildman–Crippen LogP) is 2.13. The molecule has 0 bridgehead atoms. The van der Waals surface area contributed by atoms with Gasteiger partial charge < -0.3 is 26.4 Å². The van der Waals surface area contributed by atoms with Gasteiger partial charge in [0.25, 0.3) is 5.91 Å². The molecule has 1 aliphatic heterocycles. The molecule has 1 saturated heterocycles. The van der Waals surface area contributed by atoms with E-state index >= 15 is 0 Å². The zero-order valence-electron chi connectivity index (χ0n) is 20.0. The van der Waals surface area contributed by atoms with E-state index in [0.717, 1.165) is 59.8 Å². The van der Waals surface area contributed by atoms with Gasteiger partial charge in [0.05, 0.1) is 28.4 Å². The molecule has 3 atom stereocenters. The minimum Gasteiger partial charge on any atom is -0.397 e. The standard InChI is InChI=1S/C24H31N7O2S/c1-12-19-20(26)21(34-23(19)28-13(2)27-12)22(32)29-15-6-7-16-14(9-15)5-8-18(30-16)31-10-17(25)24(3,11-31)33-4/h5,8,15,17H,6-7,9-11,25-26H2,1-4H3,(H,29,32). The predicted molar refractivity (Wildman–Crippen MR) is 134 cm³/mol. The third-order valence-corrected chi connectivity index (χ3v) is 8.27. The molecule has 9 nitrogen and oxygen atoms in total. The first kappa shape index (κ1) is 22.9. The number of nitrogens with two attached hydrogens (primary N) is 2. The number of nitrogens with one attached hydrogen (secondary N) is 1. The van der Waals surface area contributed by atoms with Crippen LogP contribution in [0.15, 0.2) is 12.1 Å².